The Morgan fingerprint density at radius 1 is 0.433 bits per heavy atom. The summed E-state index contributed by atoms with van der Waals surface area (Å²) >= 11 is 3.54. The van der Waals surface area contributed by atoms with Gasteiger partial charge in [-0.2, -0.15) is 0 Å². The Hall–Kier alpha value is -7.02. The molecule has 2 aliphatic rings. The number of benzene rings is 8. The minimum atomic E-state index is -0.0521. The first-order valence-electron chi connectivity index (χ1n) is 23.2. The molecule has 8 aromatic carbocycles. The van der Waals surface area contributed by atoms with E-state index in [1.807, 2.05) is 36.9 Å². The van der Waals surface area contributed by atoms with E-state index in [0.29, 0.717) is 0 Å². The lowest BCUT2D eigenvalue weighted by Gasteiger charge is -2.42. The normalized spacial score (nSPS) is 13.9. The Bertz CT molecular complexity index is 3330. The van der Waals surface area contributed by atoms with Crippen LogP contribution in [0.5, 0.6) is 0 Å². The van der Waals surface area contributed by atoms with Crippen LogP contribution >= 0.6 is 15.9 Å². The standard InChI is InChI=1S/C30H27N3.C16H16.C15H13BrN2/c1-20-17-22(18-21(2)29(20)32-19-31-25-13-7-10-16-28(25)32)33-26-14-8-5-11-23(26)30(3,4)24-12-6-9-15-27(24)33;1-16(2)14-9-5-3-7-12(14)11-13-8-4-6-10-15(13)16;1-10-7-12(16)8-11(2)15(10)18-9-17-13-5-3-4-6-14(13)18/h5-19H,1-4H3;3-10H,11H2,1-2H3;3-9H,1-2H3. The molecule has 0 N–H and O–H groups in total. The third kappa shape index (κ3) is 7.77. The smallest absolute Gasteiger partial charge is 0.100 e. The Kier molecular flexibility index (Phi) is 11.3. The number of anilines is 3. The molecule has 1 aliphatic heterocycles. The van der Waals surface area contributed by atoms with Gasteiger partial charge in [-0.05, 0) is 150 Å². The molecule has 6 heteroatoms. The number of hydrogen-bond donors (Lipinski definition) is 0. The molecule has 10 aromatic rings. The molecule has 2 aromatic heterocycles. The Morgan fingerprint density at radius 2 is 0.791 bits per heavy atom. The summed E-state index contributed by atoms with van der Waals surface area (Å²) < 4.78 is 5.49. The number of hydrogen-bond acceptors (Lipinski definition) is 3. The molecule has 0 fully saturated rings. The Balaban J connectivity index is 0.000000130. The topological polar surface area (TPSA) is 38.9 Å². The maximum absolute atomic E-state index is 4.62. The van der Waals surface area contributed by atoms with Crippen molar-refractivity contribution in [1.82, 2.24) is 19.1 Å². The fourth-order valence-electron chi connectivity index (χ4n) is 10.9. The van der Waals surface area contributed by atoms with Crippen molar-refractivity contribution in [3.8, 4) is 11.4 Å². The number of aromatic nitrogens is 4. The second-order valence-corrected chi connectivity index (χ2v) is 20.0. The van der Waals surface area contributed by atoms with Gasteiger partial charge in [0.15, 0.2) is 0 Å². The van der Waals surface area contributed by atoms with Gasteiger partial charge in [0.2, 0.25) is 0 Å². The predicted molar refractivity (Wildman–Crippen MR) is 283 cm³/mol. The zero-order valence-corrected chi connectivity index (χ0v) is 41.2. The van der Waals surface area contributed by atoms with E-state index >= 15 is 0 Å². The Morgan fingerprint density at radius 3 is 1.25 bits per heavy atom. The van der Waals surface area contributed by atoms with E-state index in [4.69, 9.17) is 0 Å². The predicted octanol–water partition coefficient (Wildman–Crippen LogP) is 16.1. The van der Waals surface area contributed by atoms with Crippen molar-refractivity contribution < 1.29 is 0 Å². The molecule has 3 heterocycles. The van der Waals surface area contributed by atoms with Gasteiger partial charge in [0.05, 0.1) is 44.8 Å². The van der Waals surface area contributed by atoms with Crippen molar-refractivity contribution >= 4 is 55.1 Å². The van der Waals surface area contributed by atoms with Crippen molar-refractivity contribution in [3.05, 3.63) is 243 Å². The van der Waals surface area contributed by atoms with Gasteiger partial charge >= 0.3 is 0 Å². The number of fused-ring (bicyclic) bond motifs is 6. The zero-order valence-electron chi connectivity index (χ0n) is 39.6. The van der Waals surface area contributed by atoms with Crippen LogP contribution in [-0.2, 0) is 17.3 Å². The zero-order chi connectivity index (χ0) is 46.6. The highest BCUT2D eigenvalue weighted by molar-refractivity contribution is 9.10. The van der Waals surface area contributed by atoms with E-state index in [9.17, 15) is 0 Å². The van der Waals surface area contributed by atoms with Crippen molar-refractivity contribution in [2.24, 2.45) is 0 Å². The molecular weight excluding hydrogens is 883 g/mol. The van der Waals surface area contributed by atoms with Crippen LogP contribution in [0.25, 0.3) is 33.4 Å². The molecular formula is C61H56BrN5. The summed E-state index contributed by atoms with van der Waals surface area (Å²) in [4.78, 5) is 11.5. The third-order valence-corrected chi connectivity index (χ3v) is 14.4. The second kappa shape index (κ2) is 17.3. The first-order chi connectivity index (χ1) is 32.3. The third-order valence-electron chi connectivity index (χ3n) is 14.0. The van der Waals surface area contributed by atoms with Gasteiger partial charge in [-0.25, -0.2) is 9.97 Å². The van der Waals surface area contributed by atoms with Crippen LogP contribution in [0.4, 0.5) is 17.1 Å². The molecule has 0 saturated heterocycles. The fraction of sp³-hybridized carbons (Fsp3) is 0.180. The second-order valence-electron chi connectivity index (χ2n) is 19.1. The van der Waals surface area contributed by atoms with E-state index in [-0.39, 0.29) is 10.8 Å². The van der Waals surface area contributed by atoms with Crippen molar-refractivity contribution in [3.63, 3.8) is 0 Å². The molecule has 0 unspecified atom stereocenters. The average Bonchev–Trinajstić information content (AvgIpc) is 3.94. The first-order valence-corrected chi connectivity index (χ1v) is 24.0. The molecule has 67 heavy (non-hydrogen) atoms. The van der Waals surface area contributed by atoms with E-state index in [2.05, 4.69) is 241 Å². The average molecular weight is 939 g/mol. The molecule has 1 aliphatic carbocycles. The Labute approximate surface area is 403 Å². The van der Waals surface area contributed by atoms with Gasteiger partial charge in [-0.15, -0.1) is 0 Å². The highest BCUT2D eigenvalue weighted by atomic mass is 79.9. The highest BCUT2D eigenvalue weighted by Crippen LogP contribution is 2.52. The molecule has 0 amide bonds. The number of rotatable bonds is 3. The first kappa shape index (κ1) is 43.9. The lowest BCUT2D eigenvalue weighted by molar-refractivity contribution is 0.610. The van der Waals surface area contributed by atoms with Gasteiger partial charge in [-0.3, -0.25) is 9.13 Å². The molecule has 0 saturated carbocycles. The molecule has 5 nitrogen and oxygen atoms in total. The molecule has 0 radical (unpaired) electrons. The van der Waals surface area contributed by atoms with Crippen LogP contribution in [0.15, 0.2) is 187 Å². The molecule has 0 atom stereocenters. The van der Waals surface area contributed by atoms with Gasteiger partial charge < -0.3 is 4.90 Å². The van der Waals surface area contributed by atoms with Crippen LogP contribution in [-0.4, -0.2) is 19.1 Å². The summed E-state index contributed by atoms with van der Waals surface area (Å²) in [6, 6.07) is 60.6. The summed E-state index contributed by atoms with van der Waals surface area (Å²) in [5.74, 6) is 0. The summed E-state index contributed by atoms with van der Waals surface area (Å²) in [5, 5.41) is 0. The van der Waals surface area contributed by atoms with Crippen molar-refractivity contribution in [2.45, 2.75) is 72.6 Å². The lowest BCUT2D eigenvalue weighted by atomic mass is 9.69. The van der Waals surface area contributed by atoms with Crippen LogP contribution in [0.1, 0.15) is 83.3 Å². The maximum Gasteiger partial charge on any atom is 0.100 e. The van der Waals surface area contributed by atoms with Crippen molar-refractivity contribution in [1.29, 1.82) is 0 Å². The fourth-order valence-corrected chi connectivity index (χ4v) is 11.6. The highest BCUT2D eigenvalue weighted by Gasteiger charge is 2.37. The maximum atomic E-state index is 4.62. The SMILES string of the molecule is CC1(C)c2ccccc2Cc2ccccc21.Cc1cc(Br)cc(C)c1-n1cnc2ccccc21.Cc1cc(N2c3ccccc3C(C)(C)c3ccccc32)cc(C)c1-n1cnc2ccccc21. The number of halogens is 1. The van der Waals surface area contributed by atoms with Gasteiger partial charge in [-0.1, -0.05) is 153 Å². The summed E-state index contributed by atoms with van der Waals surface area (Å²) in [7, 11) is 0. The van der Waals surface area contributed by atoms with Crippen LogP contribution in [0, 0.1) is 27.7 Å². The van der Waals surface area contributed by atoms with Gasteiger partial charge in [0.1, 0.15) is 12.7 Å². The monoisotopic (exact) mass is 937 g/mol. The summed E-state index contributed by atoms with van der Waals surface area (Å²) in [5.41, 5.74) is 24.1. The van der Waals surface area contributed by atoms with Gasteiger partial charge in [0, 0.05) is 21.0 Å². The van der Waals surface area contributed by atoms with Crippen LogP contribution in [0.2, 0.25) is 0 Å². The molecule has 332 valence electrons. The van der Waals surface area contributed by atoms with Crippen molar-refractivity contribution in [2.75, 3.05) is 4.90 Å². The number of imidazole rings is 2. The molecule has 0 bridgehead atoms. The minimum Gasteiger partial charge on any atom is -0.310 e. The van der Waals surface area contributed by atoms with E-state index in [0.717, 1.165) is 33.0 Å². The number of para-hydroxylation sites is 6. The van der Waals surface area contributed by atoms with E-state index in [1.165, 1.54) is 84.1 Å². The summed E-state index contributed by atoms with van der Waals surface area (Å²) in [6.45, 7) is 18.0. The number of nitrogens with zero attached hydrogens (tertiary/aromatic N) is 5. The number of aryl methyl sites for hydroxylation is 4. The minimum absolute atomic E-state index is 0.0521. The quantitative estimate of drug-likeness (QED) is 0.177. The van der Waals surface area contributed by atoms with Gasteiger partial charge in [0.25, 0.3) is 0 Å². The largest absolute Gasteiger partial charge is 0.310 e. The summed E-state index contributed by atoms with van der Waals surface area (Å²) in [6.07, 6.45) is 4.91. The lowest BCUT2D eigenvalue weighted by Crippen LogP contribution is -2.30. The molecule has 0 spiro atoms. The van der Waals surface area contributed by atoms with Crippen LogP contribution in [0.3, 0.4) is 0 Å². The van der Waals surface area contributed by atoms with E-state index in [1.54, 1.807) is 0 Å². The van der Waals surface area contributed by atoms with E-state index < -0.39 is 0 Å². The van der Waals surface area contributed by atoms with Crippen LogP contribution < -0.4 is 4.90 Å². The molecule has 12 rings (SSSR count).